The van der Waals surface area contributed by atoms with Gasteiger partial charge in [0.05, 0.1) is 13.2 Å². The van der Waals surface area contributed by atoms with Crippen molar-refractivity contribution in [3.63, 3.8) is 0 Å². The Labute approximate surface area is 235 Å². The average molecular weight is 594 g/mol. The van der Waals surface area contributed by atoms with Crippen LogP contribution in [-0.4, -0.2) is 102 Å². The summed E-state index contributed by atoms with van der Waals surface area (Å²) >= 11 is 0. The first-order valence-electron chi connectivity index (χ1n) is 13.6. The molecule has 3 fully saturated rings. The first kappa shape index (κ1) is 32.4. The number of likely N-dealkylation sites (N-methyl/N-ethyl adjacent to an activating group) is 1. The van der Waals surface area contributed by atoms with Crippen LogP contribution < -0.4 is 4.74 Å². The Morgan fingerprint density at radius 1 is 1.10 bits per heavy atom. The zero-order valence-electron chi connectivity index (χ0n) is 23.3. The first-order chi connectivity index (χ1) is 19.2. The largest absolute Gasteiger partial charge is 0.497 e. The number of halogens is 5. The lowest BCUT2D eigenvalue weighted by molar-refractivity contribution is -0.192. The molecular formula is C27H36F5N3O6. The highest BCUT2D eigenvalue weighted by atomic mass is 19.4. The van der Waals surface area contributed by atoms with Gasteiger partial charge in [0.2, 0.25) is 0 Å². The number of alkyl halides is 3. The smallest absolute Gasteiger partial charge is 0.490 e. The lowest BCUT2D eigenvalue weighted by atomic mass is 9.81. The molecule has 0 saturated carbocycles. The molecule has 0 aromatic heterocycles. The van der Waals surface area contributed by atoms with E-state index in [4.69, 9.17) is 19.4 Å². The Morgan fingerprint density at radius 3 is 2.10 bits per heavy atom. The normalized spacial score (nSPS) is 21.4. The topological polar surface area (TPSA) is 99.6 Å². The van der Waals surface area contributed by atoms with Gasteiger partial charge in [-0.3, -0.25) is 9.69 Å². The quantitative estimate of drug-likeness (QED) is 0.478. The summed E-state index contributed by atoms with van der Waals surface area (Å²) in [5.74, 6) is -5.14. The van der Waals surface area contributed by atoms with Crippen molar-refractivity contribution in [1.29, 1.82) is 0 Å². The number of amides is 2. The Hall–Kier alpha value is -3.16. The van der Waals surface area contributed by atoms with Gasteiger partial charge in [-0.05, 0) is 19.3 Å². The summed E-state index contributed by atoms with van der Waals surface area (Å²) < 4.78 is 71.2. The van der Waals surface area contributed by atoms with E-state index in [0.717, 1.165) is 70.2 Å². The summed E-state index contributed by atoms with van der Waals surface area (Å²) in [5.41, 5.74) is -0.929. The highest BCUT2D eigenvalue weighted by molar-refractivity contribution is 5.95. The molecule has 9 nitrogen and oxygen atoms in total. The molecule has 41 heavy (non-hydrogen) atoms. The molecule has 1 atom stereocenters. The Balaban J connectivity index is 0.000000587. The first-order valence-corrected chi connectivity index (χ1v) is 13.6. The number of methoxy groups -OCH3 is 1. The standard InChI is InChI=1S/C25H35F2N3O4.C2HF3O2/c1-4-5-6-21-25(34-24(32)28(21)2)9-13-29(14-10-25)17-7-11-30(12-8-17)23(31)22-19(26)15-18(33-3)16-20(22)27;3-2(4,5)1(6)7/h15-17,21H,4-14H2,1-3H3;(H,6,7). The van der Waals surface area contributed by atoms with Gasteiger partial charge in [0.15, 0.2) is 0 Å². The Bertz CT molecular complexity index is 1080. The third kappa shape index (κ3) is 7.38. The highest BCUT2D eigenvalue weighted by Crippen LogP contribution is 2.41. The van der Waals surface area contributed by atoms with Gasteiger partial charge < -0.3 is 24.4 Å². The monoisotopic (exact) mass is 593 g/mol. The fourth-order valence-corrected chi connectivity index (χ4v) is 5.82. The van der Waals surface area contributed by atoms with Crippen molar-refractivity contribution in [3.8, 4) is 5.75 Å². The Morgan fingerprint density at radius 2 is 1.63 bits per heavy atom. The number of unbranched alkanes of at least 4 members (excludes halogenated alkanes) is 1. The van der Waals surface area contributed by atoms with Crippen LogP contribution in [0, 0.1) is 11.6 Å². The number of ether oxygens (including phenoxy) is 2. The van der Waals surface area contributed by atoms with Gasteiger partial charge in [-0.2, -0.15) is 13.2 Å². The number of hydrogen-bond acceptors (Lipinski definition) is 6. The molecule has 0 radical (unpaired) electrons. The summed E-state index contributed by atoms with van der Waals surface area (Å²) in [6.07, 6.45) is 0.907. The maximum atomic E-state index is 14.4. The molecule has 0 aliphatic carbocycles. The van der Waals surface area contributed by atoms with E-state index < -0.39 is 40.9 Å². The van der Waals surface area contributed by atoms with Crippen LogP contribution >= 0.6 is 0 Å². The van der Waals surface area contributed by atoms with Gasteiger partial charge in [0, 0.05) is 64.2 Å². The number of carboxylic acid groups (broad SMARTS) is 1. The SMILES string of the molecule is CCCCC1N(C)C(=O)OC12CCN(C1CCN(C(=O)c3c(F)cc(OC)cc3F)CC1)CC2.O=C(O)C(F)(F)F. The average Bonchev–Trinajstić information content (AvgIpc) is 3.15. The number of benzene rings is 1. The molecule has 3 heterocycles. The number of nitrogens with zero attached hydrogens (tertiary/aromatic N) is 3. The summed E-state index contributed by atoms with van der Waals surface area (Å²) in [6, 6.07) is 2.49. The molecule has 2 amide bonds. The second-order valence-electron chi connectivity index (χ2n) is 10.5. The van der Waals surface area contributed by atoms with E-state index in [2.05, 4.69) is 11.8 Å². The van der Waals surface area contributed by atoms with Gasteiger partial charge in [-0.1, -0.05) is 19.8 Å². The number of carboxylic acids is 1. The van der Waals surface area contributed by atoms with E-state index in [9.17, 15) is 31.5 Å². The van der Waals surface area contributed by atoms with Crippen LogP contribution in [0.3, 0.4) is 0 Å². The van der Waals surface area contributed by atoms with Crippen LogP contribution in [0.4, 0.5) is 26.7 Å². The van der Waals surface area contributed by atoms with Crippen molar-refractivity contribution < 1.29 is 50.9 Å². The number of rotatable bonds is 6. The van der Waals surface area contributed by atoms with Crippen LogP contribution in [0.2, 0.25) is 0 Å². The molecule has 1 unspecified atom stereocenters. The molecule has 3 aliphatic heterocycles. The lowest BCUT2D eigenvalue weighted by Crippen LogP contribution is -2.55. The summed E-state index contributed by atoms with van der Waals surface area (Å²) in [4.78, 5) is 39.7. The number of piperidine rings is 2. The molecular weight excluding hydrogens is 557 g/mol. The van der Waals surface area contributed by atoms with E-state index in [0.29, 0.717) is 19.1 Å². The Kier molecular flexibility index (Phi) is 10.4. The zero-order valence-corrected chi connectivity index (χ0v) is 23.3. The van der Waals surface area contributed by atoms with Gasteiger partial charge in [-0.25, -0.2) is 18.4 Å². The van der Waals surface area contributed by atoms with Gasteiger partial charge in [-0.15, -0.1) is 0 Å². The summed E-state index contributed by atoms with van der Waals surface area (Å²) in [7, 11) is 3.16. The molecule has 1 N–H and O–H groups in total. The predicted octanol–water partition coefficient (Wildman–Crippen LogP) is 4.69. The molecule has 3 saturated heterocycles. The van der Waals surface area contributed by atoms with Gasteiger partial charge >= 0.3 is 18.2 Å². The van der Waals surface area contributed by atoms with E-state index in [-0.39, 0.29) is 17.9 Å². The second-order valence-corrected chi connectivity index (χ2v) is 10.5. The summed E-state index contributed by atoms with van der Waals surface area (Å²) in [6.45, 7) is 4.73. The van der Waals surface area contributed by atoms with Gasteiger partial charge in [0.25, 0.3) is 5.91 Å². The zero-order chi connectivity index (χ0) is 30.5. The van der Waals surface area contributed by atoms with Crippen molar-refractivity contribution >= 4 is 18.0 Å². The molecule has 1 aromatic carbocycles. The molecule has 3 aliphatic rings. The van der Waals surface area contributed by atoms with Crippen LogP contribution in [0.1, 0.15) is 62.2 Å². The number of likely N-dealkylation sites (tertiary alicyclic amines) is 2. The second kappa shape index (κ2) is 13.2. The molecule has 4 rings (SSSR count). The van der Waals surface area contributed by atoms with Crippen LogP contribution in [0.15, 0.2) is 12.1 Å². The van der Waals surface area contributed by atoms with E-state index in [1.54, 1.807) is 4.90 Å². The highest BCUT2D eigenvalue weighted by Gasteiger charge is 2.53. The van der Waals surface area contributed by atoms with Crippen LogP contribution in [0.5, 0.6) is 5.75 Å². The lowest BCUT2D eigenvalue weighted by Gasteiger charge is -2.46. The fourth-order valence-electron chi connectivity index (χ4n) is 5.82. The predicted molar refractivity (Wildman–Crippen MR) is 137 cm³/mol. The number of aliphatic carboxylic acids is 1. The van der Waals surface area contributed by atoms with Crippen molar-refractivity contribution in [3.05, 3.63) is 29.3 Å². The number of hydrogen-bond donors (Lipinski definition) is 1. The van der Waals surface area contributed by atoms with E-state index in [1.165, 1.54) is 12.0 Å². The van der Waals surface area contributed by atoms with Crippen LogP contribution in [-0.2, 0) is 9.53 Å². The van der Waals surface area contributed by atoms with E-state index in [1.807, 2.05) is 7.05 Å². The molecule has 1 aromatic rings. The van der Waals surface area contributed by atoms with Crippen molar-refractivity contribution in [2.45, 2.75) is 75.7 Å². The number of carbonyl (C=O) groups excluding carboxylic acids is 2. The maximum Gasteiger partial charge on any atom is 0.490 e. The molecule has 0 bridgehead atoms. The minimum absolute atomic E-state index is 0.0456. The molecule has 1 spiro atoms. The van der Waals surface area contributed by atoms with Crippen molar-refractivity contribution in [2.75, 3.05) is 40.3 Å². The van der Waals surface area contributed by atoms with Crippen LogP contribution in [0.25, 0.3) is 0 Å². The van der Waals surface area contributed by atoms with Crippen molar-refractivity contribution in [1.82, 2.24) is 14.7 Å². The molecule has 230 valence electrons. The van der Waals surface area contributed by atoms with Crippen molar-refractivity contribution in [2.24, 2.45) is 0 Å². The van der Waals surface area contributed by atoms with E-state index >= 15 is 0 Å². The molecule has 14 heteroatoms. The summed E-state index contributed by atoms with van der Waals surface area (Å²) in [5, 5.41) is 7.12. The maximum absolute atomic E-state index is 14.4. The third-order valence-electron chi connectivity index (χ3n) is 8.10. The minimum atomic E-state index is -5.08. The number of carbonyl (C=O) groups is 3. The minimum Gasteiger partial charge on any atom is -0.497 e. The van der Waals surface area contributed by atoms with Gasteiger partial charge in [0.1, 0.15) is 28.5 Å². The fraction of sp³-hybridized carbons (Fsp3) is 0.667. The third-order valence-corrected chi connectivity index (χ3v) is 8.10.